The zero-order valence-electron chi connectivity index (χ0n) is 17.5. The van der Waals surface area contributed by atoms with Gasteiger partial charge in [0.25, 0.3) is 5.91 Å². The normalized spacial score (nSPS) is 25.4. The summed E-state index contributed by atoms with van der Waals surface area (Å²) in [6, 6.07) is 8.95. The molecule has 1 aromatic heterocycles. The molecule has 29 heavy (non-hydrogen) atoms. The first-order valence-corrected chi connectivity index (χ1v) is 10.7. The molecule has 2 aliphatic heterocycles. The topological polar surface area (TPSA) is 61.0 Å². The van der Waals surface area contributed by atoms with E-state index in [1.807, 2.05) is 17.0 Å². The van der Waals surface area contributed by atoms with Crippen molar-refractivity contribution in [1.82, 2.24) is 20.4 Å². The van der Waals surface area contributed by atoms with Crippen molar-refractivity contribution < 1.29 is 9.18 Å². The lowest BCUT2D eigenvalue weighted by Gasteiger charge is -2.31. The van der Waals surface area contributed by atoms with Crippen molar-refractivity contribution in [3.8, 4) is 0 Å². The summed E-state index contributed by atoms with van der Waals surface area (Å²) >= 11 is 0. The molecule has 0 unspecified atom stereocenters. The van der Waals surface area contributed by atoms with Gasteiger partial charge in [0, 0.05) is 35.7 Å². The van der Waals surface area contributed by atoms with Gasteiger partial charge in [-0.25, -0.2) is 4.39 Å². The SMILES string of the molecule is CC(C)(C)c1cc(C(=O)N2C[C@@H](c3cccc(F)c3)[C@@H]3NCCCCC[C@H]32)n[nH]1. The molecule has 3 heterocycles. The zero-order chi connectivity index (χ0) is 20.6. The predicted octanol–water partition coefficient (Wildman–Crippen LogP) is 3.99. The van der Waals surface area contributed by atoms with Crippen LogP contribution >= 0.6 is 0 Å². The molecule has 0 bridgehead atoms. The molecule has 1 amide bonds. The summed E-state index contributed by atoms with van der Waals surface area (Å²) in [5.41, 5.74) is 2.29. The number of nitrogens with one attached hydrogen (secondary N) is 2. The van der Waals surface area contributed by atoms with Crippen molar-refractivity contribution >= 4 is 5.91 Å². The minimum absolute atomic E-state index is 0.0342. The quantitative estimate of drug-likeness (QED) is 0.804. The summed E-state index contributed by atoms with van der Waals surface area (Å²) in [5.74, 6) is -0.177. The predicted molar refractivity (Wildman–Crippen MR) is 112 cm³/mol. The van der Waals surface area contributed by atoms with E-state index in [9.17, 15) is 9.18 Å². The summed E-state index contributed by atoms with van der Waals surface area (Å²) < 4.78 is 13.9. The number of hydrogen-bond acceptors (Lipinski definition) is 3. The molecule has 2 saturated heterocycles. The highest BCUT2D eigenvalue weighted by Crippen LogP contribution is 2.36. The lowest BCUT2D eigenvalue weighted by molar-refractivity contribution is 0.0707. The third-order valence-corrected chi connectivity index (χ3v) is 6.34. The number of rotatable bonds is 2. The lowest BCUT2D eigenvalue weighted by atomic mass is 9.88. The maximum atomic E-state index is 13.9. The van der Waals surface area contributed by atoms with Crippen LogP contribution in [-0.2, 0) is 5.41 Å². The smallest absolute Gasteiger partial charge is 0.274 e. The number of fused-ring (bicyclic) bond motifs is 1. The Morgan fingerprint density at radius 2 is 2.03 bits per heavy atom. The molecule has 2 aliphatic rings. The molecule has 0 saturated carbocycles. The molecule has 0 radical (unpaired) electrons. The van der Waals surface area contributed by atoms with Gasteiger partial charge in [-0.15, -0.1) is 0 Å². The molecular formula is C23H31FN4O. The highest BCUT2D eigenvalue weighted by atomic mass is 19.1. The fraction of sp³-hybridized carbons (Fsp3) is 0.565. The van der Waals surface area contributed by atoms with Crippen LogP contribution in [0.15, 0.2) is 30.3 Å². The molecule has 4 rings (SSSR count). The molecule has 2 fully saturated rings. The highest BCUT2D eigenvalue weighted by Gasteiger charge is 2.45. The van der Waals surface area contributed by atoms with Gasteiger partial charge in [0.15, 0.2) is 0 Å². The zero-order valence-corrected chi connectivity index (χ0v) is 17.5. The van der Waals surface area contributed by atoms with Gasteiger partial charge in [-0.1, -0.05) is 45.7 Å². The Morgan fingerprint density at radius 1 is 1.21 bits per heavy atom. The number of amides is 1. The van der Waals surface area contributed by atoms with Crippen LogP contribution in [0.3, 0.4) is 0 Å². The summed E-state index contributed by atoms with van der Waals surface area (Å²) in [6.07, 6.45) is 4.38. The van der Waals surface area contributed by atoms with Crippen LogP contribution in [0.5, 0.6) is 0 Å². The summed E-state index contributed by atoms with van der Waals surface area (Å²) in [6.45, 7) is 7.81. The second kappa shape index (κ2) is 7.90. The van der Waals surface area contributed by atoms with Crippen LogP contribution in [0.25, 0.3) is 0 Å². The van der Waals surface area contributed by atoms with E-state index in [1.165, 1.54) is 12.5 Å². The molecule has 0 spiro atoms. The Bertz CT molecular complexity index is 872. The van der Waals surface area contributed by atoms with Crippen molar-refractivity contribution in [3.05, 3.63) is 53.1 Å². The van der Waals surface area contributed by atoms with E-state index in [0.29, 0.717) is 12.2 Å². The molecular weight excluding hydrogens is 367 g/mol. The van der Waals surface area contributed by atoms with Gasteiger partial charge in [0.1, 0.15) is 11.5 Å². The molecule has 0 aliphatic carbocycles. The van der Waals surface area contributed by atoms with Gasteiger partial charge >= 0.3 is 0 Å². The van der Waals surface area contributed by atoms with Crippen LogP contribution in [-0.4, -0.2) is 46.2 Å². The molecule has 5 nitrogen and oxygen atoms in total. The average molecular weight is 399 g/mol. The van der Waals surface area contributed by atoms with E-state index in [-0.39, 0.29) is 35.1 Å². The van der Waals surface area contributed by atoms with Crippen molar-refractivity contribution in [2.45, 2.75) is 69.9 Å². The average Bonchev–Trinajstić information content (AvgIpc) is 3.26. The van der Waals surface area contributed by atoms with Gasteiger partial charge in [-0.3, -0.25) is 9.89 Å². The van der Waals surface area contributed by atoms with Crippen LogP contribution in [0.2, 0.25) is 0 Å². The first kappa shape index (κ1) is 20.1. The van der Waals surface area contributed by atoms with E-state index in [1.54, 1.807) is 12.1 Å². The first-order valence-electron chi connectivity index (χ1n) is 10.7. The second-order valence-corrected chi connectivity index (χ2v) is 9.43. The molecule has 156 valence electrons. The van der Waals surface area contributed by atoms with E-state index in [2.05, 4.69) is 36.3 Å². The maximum absolute atomic E-state index is 13.9. The number of benzene rings is 1. The van der Waals surface area contributed by atoms with E-state index in [0.717, 1.165) is 37.1 Å². The van der Waals surface area contributed by atoms with E-state index < -0.39 is 0 Å². The van der Waals surface area contributed by atoms with Crippen LogP contribution in [0.4, 0.5) is 4.39 Å². The molecule has 2 aromatic rings. The maximum Gasteiger partial charge on any atom is 0.274 e. The minimum Gasteiger partial charge on any atom is -0.332 e. The monoisotopic (exact) mass is 398 g/mol. The lowest BCUT2D eigenvalue weighted by Crippen LogP contribution is -2.47. The van der Waals surface area contributed by atoms with E-state index >= 15 is 0 Å². The van der Waals surface area contributed by atoms with Crippen molar-refractivity contribution in [3.63, 3.8) is 0 Å². The van der Waals surface area contributed by atoms with Gasteiger partial charge < -0.3 is 10.2 Å². The first-order chi connectivity index (χ1) is 13.8. The van der Waals surface area contributed by atoms with Crippen molar-refractivity contribution in [2.24, 2.45) is 0 Å². The largest absolute Gasteiger partial charge is 0.332 e. The van der Waals surface area contributed by atoms with Gasteiger partial charge in [-0.2, -0.15) is 5.10 Å². The second-order valence-electron chi connectivity index (χ2n) is 9.43. The molecule has 2 N–H and O–H groups in total. The number of likely N-dealkylation sites (tertiary alicyclic amines) is 1. The fourth-order valence-electron chi connectivity index (χ4n) is 4.71. The van der Waals surface area contributed by atoms with Crippen LogP contribution < -0.4 is 5.32 Å². The molecule has 1 aromatic carbocycles. The number of hydrogen-bond donors (Lipinski definition) is 2. The number of aromatic nitrogens is 2. The standard InChI is InChI=1S/C23H31FN4O/c1-23(2,3)20-13-18(26-27-20)22(29)28-14-17(15-8-7-9-16(24)12-15)21-19(28)10-5-4-6-11-25-21/h7-9,12-13,17,19,21,25H,4-6,10-11,14H2,1-3H3,(H,26,27)/t17-,19+,21-/m0/s1. The third kappa shape index (κ3) is 4.08. The Morgan fingerprint density at radius 3 is 2.76 bits per heavy atom. The molecule has 3 atom stereocenters. The fourth-order valence-corrected chi connectivity index (χ4v) is 4.71. The van der Waals surface area contributed by atoms with Gasteiger partial charge in [0.2, 0.25) is 0 Å². The third-order valence-electron chi connectivity index (χ3n) is 6.34. The number of aromatic amines is 1. The highest BCUT2D eigenvalue weighted by molar-refractivity contribution is 5.93. The number of H-pyrrole nitrogens is 1. The van der Waals surface area contributed by atoms with E-state index in [4.69, 9.17) is 0 Å². The summed E-state index contributed by atoms with van der Waals surface area (Å²) in [5, 5.41) is 11.0. The molecule has 6 heteroatoms. The van der Waals surface area contributed by atoms with Crippen molar-refractivity contribution in [2.75, 3.05) is 13.1 Å². The Kier molecular flexibility index (Phi) is 5.47. The Hall–Kier alpha value is -2.21. The Balaban J connectivity index is 1.65. The number of halogens is 1. The van der Waals surface area contributed by atoms with Crippen LogP contribution in [0, 0.1) is 5.82 Å². The van der Waals surface area contributed by atoms with Crippen molar-refractivity contribution in [1.29, 1.82) is 0 Å². The number of carbonyl (C=O) groups excluding carboxylic acids is 1. The van der Waals surface area contributed by atoms with Gasteiger partial charge in [0.05, 0.1) is 0 Å². The number of nitrogens with zero attached hydrogens (tertiary/aromatic N) is 2. The Labute approximate surface area is 172 Å². The summed E-state index contributed by atoms with van der Waals surface area (Å²) in [4.78, 5) is 15.4. The summed E-state index contributed by atoms with van der Waals surface area (Å²) in [7, 11) is 0. The van der Waals surface area contributed by atoms with Crippen LogP contribution in [0.1, 0.15) is 74.1 Å². The number of carbonyl (C=O) groups is 1. The minimum atomic E-state index is -0.225. The van der Waals surface area contributed by atoms with Gasteiger partial charge in [-0.05, 0) is 43.1 Å².